The van der Waals surface area contributed by atoms with Gasteiger partial charge in [-0.05, 0) is 54.5 Å². The third kappa shape index (κ3) is 5.77. The van der Waals surface area contributed by atoms with Crippen molar-refractivity contribution in [2.45, 2.75) is 38.8 Å². The number of carbonyl (C=O) groups excluding carboxylic acids is 1. The van der Waals surface area contributed by atoms with E-state index in [2.05, 4.69) is 4.72 Å². The SMILES string of the molecule is C[C@H]1C[C@H](NS(C)(=O)=O)C[C@@]1(Cc1ccc(F)c(-c2ccccc2OCc2ccccc2)c1)C(N)=O. The van der Waals surface area contributed by atoms with Gasteiger partial charge in [-0.25, -0.2) is 17.5 Å². The second-order valence-corrected chi connectivity index (χ2v) is 11.5. The van der Waals surface area contributed by atoms with E-state index in [1.54, 1.807) is 24.3 Å². The lowest BCUT2D eigenvalue weighted by molar-refractivity contribution is -0.129. The maximum atomic E-state index is 15.1. The molecular weight excluding hydrogens is 479 g/mol. The van der Waals surface area contributed by atoms with E-state index < -0.39 is 27.2 Å². The highest BCUT2D eigenvalue weighted by molar-refractivity contribution is 7.88. The van der Waals surface area contributed by atoms with Crippen LogP contribution in [0.3, 0.4) is 0 Å². The number of nitrogens with one attached hydrogen (secondary N) is 1. The van der Waals surface area contributed by atoms with E-state index >= 15 is 4.39 Å². The number of carbonyl (C=O) groups is 1. The summed E-state index contributed by atoms with van der Waals surface area (Å²) in [5.41, 5.74) is 7.66. The summed E-state index contributed by atoms with van der Waals surface area (Å²) in [6.45, 7) is 2.25. The summed E-state index contributed by atoms with van der Waals surface area (Å²) in [5.74, 6) is -0.484. The zero-order valence-electron chi connectivity index (χ0n) is 20.4. The summed E-state index contributed by atoms with van der Waals surface area (Å²) in [7, 11) is -3.42. The van der Waals surface area contributed by atoms with Crippen LogP contribution in [0, 0.1) is 17.2 Å². The molecule has 1 amide bonds. The third-order valence-corrected chi connectivity index (χ3v) is 7.79. The molecule has 1 fully saturated rings. The first-order valence-electron chi connectivity index (χ1n) is 11.9. The number of amides is 1. The van der Waals surface area contributed by atoms with Gasteiger partial charge in [0.05, 0.1) is 11.7 Å². The van der Waals surface area contributed by atoms with Crippen molar-refractivity contribution in [3.05, 3.63) is 89.7 Å². The third-order valence-electron chi connectivity index (χ3n) is 7.03. The van der Waals surface area contributed by atoms with Gasteiger partial charge in [0.15, 0.2) is 0 Å². The number of ether oxygens (including phenoxy) is 1. The van der Waals surface area contributed by atoms with Crippen molar-refractivity contribution in [1.82, 2.24) is 4.72 Å². The van der Waals surface area contributed by atoms with Crippen molar-refractivity contribution in [3.63, 3.8) is 0 Å². The molecule has 1 aliphatic rings. The van der Waals surface area contributed by atoms with Crippen LogP contribution < -0.4 is 15.2 Å². The van der Waals surface area contributed by atoms with Crippen LogP contribution in [-0.4, -0.2) is 26.6 Å². The number of rotatable bonds is 9. The lowest BCUT2D eigenvalue weighted by Crippen LogP contribution is -2.42. The standard InChI is InChI=1S/C28H31FN2O4S/c1-19-14-22(31-36(2,33)34)17-28(19,27(30)32)16-21-12-13-25(29)24(15-21)23-10-6-7-11-26(23)35-18-20-8-4-3-5-9-20/h3-13,15,19,22,31H,14,16-18H2,1-2H3,(H2,30,32)/t19-,22-,28+/m0/s1. The van der Waals surface area contributed by atoms with Crippen molar-refractivity contribution in [3.8, 4) is 16.9 Å². The summed E-state index contributed by atoms with van der Waals surface area (Å²) in [4.78, 5) is 12.7. The minimum absolute atomic E-state index is 0.149. The largest absolute Gasteiger partial charge is 0.488 e. The molecule has 0 heterocycles. The predicted molar refractivity (Wildman–Crippen MR) is 138 cm³/mol. The molecule has 3 aromatic rings. The van der Waals surface area contributed by atoms with E-state index in [-0.39, 0.29) is 18.4 Å². The number of benzene rings is 3. The van der Waals surface area contributed by atoms with Crippen LogP contribution >= 0.6 is 0 Å². The Morgan fingerprint density at radius 2 is 1.75 bits per heavy atom. The fourth-order valence-electron chi connectivity index (χ4n) is 5.25. The Bertz CT molecular complexity index is 1350. The van der Waals surface area contributed by atoms with Gasteiger partial charge in [-0.15, -0.1) is 0 Å². The van der Waals surface area contributed by atoms with Crippen LogP contribution in [0.5, 0.6) is 5.75 Å². The molecule has 6 nitrogen and oxygen atoms in total. The van der Waals surface area contributed by atoms with E-state index in [4.69, 9.17) is 10.5 Å². The molecule has 8 heteroatoms. The lowest BCUT2D eigenvalue weighted by atomic mass is 9.73. The molecule has 1 saturated carbocycles. The van der Waals surface area contributed by atoms with Gasteiger partial charge in [-0.3, -0.25) is 4.79 Å². The fraction of sp³-hybridized carbons (Fsp3) is 0.321. The molecule has 0 aliphatic heterocycles. The zero-order chi connectivity index (χ0) is 25.9. The summed E-state index contributed by atoms with van der Waals surface area (Å²) in [6.07, 6.45) is 2.18. The molecule has 0 spiro atoms. The minimum atomic E-state index is -3.42. The van der Waals surface area contributed by atoms with E-state index in [9.17, 15) is 13.2 Å². The normalized spacial score (nSPS) is 21.9. The molecule has 0 aromatic heterocycles. The number of hydrogen-bond acceptors (Lipinski definition) is 4. The van der Waals surface area contributed by atoms with E-state index in [1.807, 2.05) is 49.4 Å². The first-order chi connectivity index (χ1) is 17.1. The Morgan fingerprint density at radius 1 is 1.06 bits per heavy atom. The molecule has 3 aromatic carbocycles. The van der Waals surface area contributed by atoms with Gasteiger partial charge >= 0.3 is 0 Å². The number of nitrogens with two attached hydrogens (primary N) is 1. The maximum Gasteiger partial charge on any atom is 0.224 e. The number of hydrogen-bond donors (Lipinski definition) is 2. The topological polar surface area (TPSA) is 98.5 Å². The second kappa shape index (κ2) is 10.4. The van der Waals surface area contributed by atoms with Crippen molar-refractivity contribution in [2.75, 3.05) is 6.26 Å². The quantitative estimate of drug-likeness (QED) is 0.445. The molecule has 3 atom stereocenters. The van der Waals surface area contributed by atoms with Crippen molar-refractivity contribution in [2.24, 2.45) is 17.1 Å². The minimum Gasteiger partial charge on any atom is -0.488 e. The number of para-hydroxylation sites is 1. The van der Waals surface area contributed by atoms with Gasteiger partial charge in [0.1, 0.15) is 18.2 Å². The highest BCUT2D eigenvalue weighted by Crippen LogP contribution is 2.46. The summed E-state index contributed by atoms with van der Waals surface area (Å²) >= 11 is 0. The summed E-state index contributed by atoms with van der Waals surface area (Å²) < 4.78 is 47.2. The Kier molecular flexibility index (Phi) is 7.47. The van der Waals surface area contributed by atoms with Crippen LogP contribution in [0.25, 0.3) is 11.1 Å². The monoisotopic (exact) mass is 510 g/mol. The van der Waals surface area contributed by atoms with E-state index in [1.165, 1.54) is 6.07 Å². The summed E-state index contributed by atoms with van der Waals surface area (Å²) in [6, 6.07) is 21.4. The van der Waals surface area contributed by atoms with Crippen LogP contribution in [0.1, 0.15) is 30.9 Å². The molecule has 36 heavy (non-hydrogen) atoms. The molecule has 4 rings (SSSR count). The molecular formula is C28H31FN2O4S. The van der Waals surface area contributed by atoms with E-state index in [0.717, 1.165) is 17.4 Å². The van der Waals surface area contributed by atoms with Crippen molar-refractivity contribution in [1.29, 1.82) is 0 Å². The molecule has 0 bridgehead atoms. The second-order valence-electron chi connectivity index (χ2n) is 9.71. The molecule has 1 aliphatic carbocycles. The molecule has 0 radical (unpaired) electrons. The van der Waals surface area contributed by atoms with Crippen LogP contribution in [0.4, 0.5) is 4.39 Å². The predicted octanol–water partition coefficient (Wildman–Crippen LogP) is 4.43. The first-order valence-corrected chi connectivity index (χ1v) is 13.8. The highest BCUT2D eigenvalue weighted by Gasteiger charge is 2.50. The van der Waals surface area contributed by atoms with Crippen LogP contribution in [-0.2, 0) is 27.8 Å². The van der Waals surface area contributed by atoms with Gasteiger partial charge in [0.25, 0.3) is 0 Å². The smallest absolute Gasteiger partial charge is 0.224 e. The average molecular weight is 511 g/mol. The lowest BCUT2D eigenvalue weighted by Gasteiger charge is -2.30. The van der Waals surface area contributed by atoms with Gasteiger partial charge in [-0.1, -0.05) is 61.5 Å². The number of primary amides is 1. The molecule has 190 valence electrons. The zero-order valence-corrected chi connectivity index (χ0v) is 21.2. The Labute approximate surface area is 211 Å². The Hall–Kier alpha value is -3.23. The van der Waals surface area contributed by atoms with Crippen molar-refractivity contribution < 1.29 is 22.3 Å². The summed E-state index contributed by atoms with van der Waals surface area (Å²) in [5, 5.41) is 0. The number of halogens is 1. The first kappa shape index (κ1) is 25.9. The Morgan fingerprint density at radius 3 is 2.44 bits per heavy atom. The fourth-order valence-corrected chi connectivity index (χ4v) is 6.03. The van der Waals surface area contributed by atoms with Gasteiger partial charge in [-0.2, -0.15) is 0 Å². The molecule has 3 N–H and O–H groups in total. The Balaban J connectivity index is 1.63. The van der Waals surface area contributed by atoms with Crippen LogP contribution in [0.15, 0.2) is 72.8 Å². The van der Waals surface area contributed by atoms with Gasteiger partial charge in [0.2, 0.25) is 15.9 Å². The van der Waals surface area contributed by atoms with E-state index in [0.29, 0.717) is 36.3 Å². The van der Waals surface area contributed by atoms with Gasteiger partial charge < -0.3 is 10.5 Å². The highest BCUT2D eigenvalue weighted by atomic mass is 32.2. The van der Waals surface area contributed by atoms with Crippen LogP contribution in [0.2, 0.25) is 0 Å². The maximum absolute atomic E-state index is 15.1. The average Bonchev–Trinajstić information content (AvgIpc) is 3.13. The van der Waals surface area contributed by atoms with Gasteiger partial charge in [0, 0.05) is 17.2 Å². The van der Waals surface area contributed by atoms with Crippen molar-refractivity contribution >= 4 is 15.9 Å². The number of sulfonamides is 1. The molecule has 0 unspecified atom stereocenters. The molecule has 0 saturated heterocycles.